The van der Waals surface area contributed by atoms with E-state index >= 15 is 0 Å². The minimum atomic E-state index is 0.834. The number of nitrogens with one attached hydrogen (secondary N) is 1. The molecule has 66 valence electrons. The second-order valence-electron chi connectivity index (χ2n) is 4.08. The Bertz CT molecular complexity index is 109. The molecule has 1 fully saturated rings. The lowest BCUT2D eigenvalue weighted by atomic mass is 9.98. The first-order chi connectivity index (χ1) is 5.25. The maximum atomic E-state index is 2.35. The molecule has 2 atom stereocenters. The van der Waals surface area contributed by atoms with Gasteiger partial charge in [-0.2, -0.15) is 0 Å². The molecule has 0 aromatic carbocycles. The Morgan fingerprint density at radius 1 is 1.36 bits per heavy atom. The summed E-state index contributed by atoms with van der Waals surface area (Å²) in [6.45, 7) is 8.45. The molecule has 0 aromatic heterocycles. The van der Waals surface area contributed by atoms with Crippen LogP contribution in [0.2, 0.25) is 0 Å². The van der Waals surface area contributed by atoms with Crippen LogP contribution >= 0.6 is 0 Å². The van der Waals surface area contributed by atoms with Gasteiger partial charge in [0.1, 0.15) is 0 Å². The van der Waals surface area contributed by atoms with Crippen molar-refractivity contribution in [1.82, 2.24) is 0 Å². The first kappa shape index (κ1) is 9.05. The molecule has 1 rings (SSSR count). The summed E-state index contributed by atoms with van der Waals surface area (Å²) in [4.78, 5) is 1.85. The standard InChI is InChI=1S/C10H21N/c1-4-10-7-5-6-8-11(10)9(2)3/h9-10H,4-8H2,1-3H3/p+1. The van der Waals surface area contributed by atoms with Crippen molar-refractivity contribution in [3.8, 4) is 0 Å². The predicted octanol–water partition coefficient (Wildman–Crippen LogP) is 1.24. The molecule has 1 saturated heterocycles. The molecule has 0 aromatic rings. The van der Waals surface area contributed by atoms with Crippen LogP contribution in [-0.4, -0.2) is 18.6 Å². The molecular weight excluding hydrogens is 134 g/mol. The summed E-state index contributed by atoms with van der Waals surface area (Å²) in [5.74, 6) is 0. The number of piperidine rings is 1. The molecule has 2 unspecified atom stereocenters. The molecule has 1 aliphatic heterocycles. The van der Waals surface area contributed by atoms with E-state index in [1.165, 1.54) is 32.2 Å². The van der Waals surface area contributed by atoms with Gasteiger partial charge in [-0.25, -0.2) is 0 Å². The second kappa shape index (κ2) is 4.10. The first-order valence-electron chi connectivity index (χ1n) is 5.11. The van der Waals surface area contributed by atoms with E-state index in [4.69, 9.17) is 0 Å². The lowest BCUT2D eigenvalue weighted by molar-refractivity contribution is -0.951. The second-order valence-corrected chi connectivity index (χ2v) is 4.08. The third-order valence-electron chi connectivity index (χ3n) is 3.03. The highest BCUT2D eigenvalue weighted by atomic mass is 15.2. The minimum absolute atomic E-state index is 0.834. The maximum absolute atomic E-state index is 2.35. The van der Waals surface area contributed by atoms with E-state index in [1.54, 1.807) is 0 Å². The van der Waals surface area contributed by atoms with Gasteiger partial charge in [0.2, 0.25) is 0 Å². The molecule has 1 heteroatoms. The molecule has 1 nitrogen and oxygen atoms in total. The number of hydrogen-bond donors (Lipinski definition) is 1. The van der Waals surface area contributed by atoms with Crippen LogP contribution in [0.15, 0.2) is 0 Å². The quantitative estimate of drug-likeness (QED) is 0.613. The molecule has 11 heavy (non-hydrogen) atoms. The Kier molecular flexibility index (Phi) is 3.38. The maximum Gasteiger partial charge on any atom is 0.0873 e. The number of hydrogen-bond acceptors (Lipinski definition) is 0. The third-order valence-corrected chi connectivity index (χ3v) is 3.03. The van der Waals surface area contributed by atoms with Crippen LogP contribution in [-0.2, 0) is 0 Å². The molecule has 0 bridgehead atoms. The van der Waals surface area contributed by atoms with Gasteiger partial charge in [0.25, 0.3) is 0 Å². The van der Waals surface area contributed by atoms with Crippen molar-refractivity contribution >= 4 is 0 Å². The Balaban J connectivity index is 2.44. The number of likely N-dealkylation sites (tertiary alicyclic amines) is 1. The van der Waals surface area contributed by atoms with Crippen molar-refractivity contribution in [2.45, 2.75) is 58.5 Å². The summed E-state index contributed by atoms with van der Waals surface area (Å²) < 4.78 is 0. The normalized spacial score (nSPS) is 32.7. The fraction of sp³-hybridized carbons (Fsp3) is 1.00. The van der Waals surface area contributed by atoms with Crippen molar-refractivity contribution in [3.05, 3.63) is 0 Å². The van der Waals surface area contributed by atoms with Gasteiger partial charge in [0.15, 0.2) is 0 Å². The average Bonchev–Trinajstić information content (AvgIpc) is 2.04. The van der Waals surface area contributed by atoms with Crippen LogP contribution in [0, 0.1) is 0 Å². The lowest BCUT2D eigenvalue weighted by Gasteiger charge is -2.34. The molecule has 0 aliphatic carbocycles. The Hall–Kier alpha value is -0.0400. The van der Waals surface area contributed by atoms with E-state index < -0.39 is 0 Å². The van der Waals surface area contributed by atoms with E-state index in [2.05, 4.69) is 20.8 Å². The smallest absolute Gasteiger partial charge is 0.0873 e. The Morgan fingerprint density at radius 3 is 2.55 bits per heavy atom. The van der Waals surface area contributed by atoms with Crippen molar-refractivity contribution in [2.24, 2.45) is 0 Å². The van der Waals surface area contributed by atoms with E-state index in [0.717, 1.165) is 12.1 Å². The molecule has 0 spiro atoms. The van der Waals surface area contributed by atoms with Gasteiger partial charge in [-0.3, -0.25) is 0 Å². The van der Waals surface area contributed by atoms with E-state index in [1.807, 2.05) is 4.90 Å². The van der Waals surface area contributed by atoms with Crippen LogP contribution < -0.4 is 4.90 Å². The molecule has 1 heterocycles. The van der Waals surface area contributed by atoms with E-state index in [-0.39, 0.29) is 0 Å². The van der Waals surface area contributed by atoms with Crippen LogP contribution in [0.1, 0.15) is 46.5 Å². The molecular formula is C10H22N+. The first-order valence-corrected chi connectivity index (χ1v) is 5.11. The summed E-state index contributed by atoms with van der Waals surface area (Å²) in [6.07, 6.45) is 5.75. The fourth-order valence-electron chi connectivity index (χ4n) is 2.34. The molecule has 0 radical (unpaired) electrons. The highest BCUT2D eigenvalue weighted by molar-refractivity contribution is 4.60. The number of rotatable bonds is 2. The zero-order valence-corrected chi connectivity index (χ0v) is 8.19. The lowest BCUT2D eigenvalue weighted by Crippen LogP contribution is -3.19. The largest absolute Gasteiger partial charge is 0.331 e. The predicted molar refractivity (Wildman–Crippen MR) is 48.9 cm³/mol. The Labute approximate surface area is 70.8 Å². The molecule has 1 N–H and O–H groups in total. The fourth-order valence-corrected chi connectivity index (χ4v) is 2.34. The average molecular weight is 156 g/mol. The minimum Gasteiger partial charge on any atom is -0.331 e. The SMILES string of the molecule is CCC1CCCC[NH+]1C(C)C. The summed E-state index contributed by atoms with van der Waals surface area (Å²) in [5, 5.41) is 0. The third kappa shape index (κ3) is 2.19. The van der Waals surface area contributed by atoms with E-state index in [9.17, 15) is 0 Å². The van der Waals surface area contributed by atoms with Gasteiger partial charge in [0, 0.05) is 0 Å². The zero-order valence-electron chi connectivity index (χ0n) is 8.19. The van der Waals surface area contributed by atoms with Crippen molar-refractivity contribution in [3.63, 3.8) is 0 Å². The highest BCUT2D eigenvalue weighted by Gasteiger charge is 2.26. The summed E-state index contributed by atoms with van der Waals surface area (Å²) in [5.41, 5.74) is 0. The highest BCUT2D eigenvalue weighted by Crippen LogP contribution is 2.06. The molecule has 0 amide bonds. The Morgan fingerprint density at radius 2 is 2.09 bits per heavy atom. The molecule has 1 aliphatic rings. The topological polar surface area (TPSA) is 4.44 Å². The van der Waals surface area contributed by atoms with Gasteiger partial charge in [-0.15, -0.1) is 0 Å². The van der Waals surface area contributed by atoms with Crippen molar-refractivity contribution in [2.75, 3.05) is 6.54 Å². The zero-order chi connectivity index (χ0) is 8.27. The summed E-state index contributed by atoms with van der Waals surface area (Å²) >= 11 is 0. The summed E-state index contributed by atoms with van der Waals surface area (Å²) in [7, 11) is 0. The van der Waals surface area contributed by atoms with Crippen LogP contribution in [0.5, 0.6) is 0 Å². The van der Waals surface area contributed by atoms with Gasteiger partial charge < -0.3 is 4.90 Å². The van der Waals surface area contributed by atoms with Crippen LogP contribution in [0.25, 0.3) is 0 Å². The van der Waals surface area contributed by atoms with Gasteiger partial charge in [-0.1, -0.05) is 6.92 Å². The van der Waals surface area contributed by atoms with Gasteiger partial charge in [-0.05, 0) is 39.5 Å². The van der Waals surface area contributed by atoms with Gasteiger partial charge in [0.05, 0.1) is 18.6 Å². The van der Waals surface area contributed by atoms with E-state index in [0.29, 0.717) is 0 Å². The monoisotopic (exact) mass is 156 g/mol. The molecule has 0 saturated carbocycles. The van der Waals surface area contributed by atoms with Gasteiger partial charge >= 0.3 is 0 Å². The number of quaternary nitrogens is 1. The summed E-state index contributed by atoms with van der Waals surface area (Å²) in [6, 6.07) is 1.80. The van der Waals surface area contributed by atoms with Crippen molar-refractivity contribution in [1.29, 1.82) is 0 Å². The van der Waals surface area contributed by atoms with Crippen LogP contribution in [0.3, 0.4) is 0 Å². The van der Waals surface area contributed by atoms with Crippen LogP contribution in [0.4, 0.5) is 0 Å². The van der Waals surface area contributed by atoms with Crippen molar-refractivity contribution < 1.29 is 4.90 Å².